The van der Waals surface area contributed by atoms with Crippen molar-refractivity contribution >= 4 is 38.5 Å². The normalized spacial score (nSPS) is 7.18. The Hall–Kier alpha value is 0.853. The number of benzene rings is 1. The molecule has 57 valence electrons. The summed E-state index contributed by atoms with van der Waals surface area (Å²) >= 11 is 5.11. The van der Waals surface area contributed by atoms with Gasteiger partial charge in [-0.3, -0.25) is 0 Å². The van der Waals surface area contributed by atoms with Crippen molar-refractivity contribution in [2.75, 3.05) is 0 Å². The van der Waals surface area contributed by atoms with Crippen LogP contribution >= 0.6 is 38.5 Å². The third kappa shape index (κ3) is 7.22. The van der Waals surface area contributed by atoms with Crippen LogP contribution in [-0.2, 0) is 19.5 Å². The molecule has 0 fully saturated rings. The Morgan fingerprint density at radius 3 is 1.82 bits per heavy atom. The van der Waals surface area contributed by atoms with Crippen molar-refractivity contribution in [2.45, 2.75) is 0 Å². The average molecular weight is 378 g/mol. The summed E-state index contributed by atoms with van der Waals surface area (Å²) in [7, 11) is 0. The Kier molecular flexibility index (Phi) is 11.7. The maximum absolute atomic E-state index is 10.4. The Labute approximate surface area is 102 Å². The summed E-state index contributed by atoms with van der Waals surface area (Å²) in [5, 5.41) is 10.4. The van der Waals surface area contributed by atoms with E-state index in [0.717, 1.165) is 4.47 Å². The minimum Gasteiger partial charge on any atom is -0.872 e. The molecule has 0 amide bonds. The quantitative estimate of drug-likeness (QED) is 0.503. The molecular weight excluding hydrogens is 372 g/mol. The molecule has 4 heteroatoms. The first-order valence-corrected chi connectivity index (χ1v) is 4.80. The molecule has 1 rings (SSSR count). The molecule has 1 nitrogen and oxygen atoms in total. The van der Waals surface area contributed by atoms with Gasteiger partial charge in [-0.25, -0.2) is 0 Å². The Morgan fingerprint density at radius 1 is 1.18 bits per heavy atom. The van der Waals surface area contributed by atoms with Gasteiger partial charge >= 0.3 is 0 Å². The first kappa shape index (κ1) is 14.4. The minimum absolute atomic E-state index is 0. The third-order valence-corrected chi connectivity index (χ3v) is 1.34. The van der Waals surface area contributed by atoms with E-state index in [1.165, 1.54) is 12.1 Å². The molecule has 0 aliphatic carbocycles. The van der Waals surface area contributed by atoms with Gasteiger partial charge in [0, 0.05) is 28.9 Å². The van der Waals surface area contributed by atoms with E-state index in [0.29, 0.717) is 0 Å². The smallest absolute Gasteiger partial charge is 0.0174 e. The molecule has 1 aromatic carbocycles. The third-order valence-electron chi connectivity index (χ3n) is 0.814. The zero-order valence-electron chi connectivity index (χ0n) is 5.89. The summed E-state index contributed by atoms with van der Waals surface area (Å²) in [6.45, 7) is 0. The van der Waals surface area contributed by atoms with E-state index in [1.54, 1.807) is 12.1 Å². The molecule has 0 N–H and O–H groups in total. The summed E-state index contributed by atoms with van der Waals surface area (Å²) < 4.78 is 0.942. The van der Waals surface area contributed by atoms with Crippen LogP contribution in [0.5, 0.6) is 5.75 Å². The van der Waals surface area contributed by atoms with E-state index in [4.69, 9.17) is 0 Å². The van der Waals surface area contributed by atoms with Crippen LogP contribution in [0.4, 0.5) is 0 Å². The maximum atomic E-state index is 10.4. The second-order valence-electron chi connectivity index (χ2n) is 1.45. The van der Waals surface area contributed by atoms with Crippen LogP contribution in [0.25, 0.3) is 0 Å². The molecule has 0 saturated heterocycles. The topological polar surface area (TPSA) is 23.1 Å². The fourth-order valence-electron chi connectivity index (χ4n) is 0.435. The van der Waals surface area contributed by atoms with Gasteiger partial charge in [0.1, 0.15) is 0 Å². The number of rotatable bonds is 0. The average Bonchev–Trinajstić information content (AvgIpc) is 2.00. The fraction of sp³-hybridized carbons (Fsp3) is 0. The molecule has 11 heavy (non-hydrogen) atoms. The first-order valence-electron chi connectivity index (χ1n) is 2.48. The van der Waals surface area contributed by atoms with Gasteiger partial charge in [-0.2, -0.15) is 0 Å². The molecule has 1 aromatic rings. The minimum atomic E-state index is 0. The molecular formula is C7H6BrIOZn-. The Bertz CT molecular complexity index is 157. The molecule has 1 radical (unpaired) electrons. The van der Waals surface area contributed by atoms with Gasteiger partial charge in [-0.15, -0.1) is 5.75 Å². The van der Waals surface area contributed by atoms with Gasteiger partial charge in [-0.05, 0) is 12.1 Å². The van der Waals surface area contributed by atoms with Crippen LogP contribution < -0.4 is 5.11 Å². The van der Waals surface area contributed by atoms with Gasteiger partial charge in [-0.1, -0.05) is 50.7 Å². The molecule has 0 aliphatic heterocycles. The Morgan fingerprint density at radius 2 is 1.55 bits per heavy atom. The van der Waals surface area contributed by atoms with Crippen LogP contribution in [0.1, 0.15) is 0 Å². The molecule has 0 heterocycles. The van der Waals surface area contributed by atoms with Gasteiger partial charge in [0.2, 0.25) is 0 Å². The second-order valence-corrected chi connectivity index (χ2v) is 2.37. The van der Waals surface area contributed by atoms with Crippen LogP contribution in [0.2, 0.25) is 0 Å². The van der Waals surface area contributed by atoms with Crippen LogP contribution in [0.3, 0.4) is 0 Å². The van der Waals surface area contributed by atoms with E-state index in [2.05, 4.69) is 20.9 Å². The molecule has 0 aliphatic rings. The molecule has 0 spiro atoms. The van der Waals surface area contributed by atoms with E-state index in [9.17, 15) is 5.11 Å². The fourth-order valence-corrected chi connectivity index (χ4v) is 0.699. The summed E-state index contributed by atoms with van der Waals surface area (Å²) in [5.74, 6) is 0.0493. The molecule has 0 saturated carbocycles. The van der Waals surface area contributed by atoms with Gasteiger partial charge in [0.25, 0.3) is 0 Å². The van der Waals surface area contributed by atoms with E-state index < -0.39 is 0 Å². The SMILES string of the molecule is [CH2]I.[O-]c1ccc(Br)cc1.[Zn]. The largest absolute Gasteiger partial charge is 0.872 e. The standard InChI is InChI=1S/C6H5BrO.CH2I.Zn/c7-5-1-3-6(8)4-2-5;1-2;/h1-4,8H;1H2;/p-1. The predicted molar refractivity (Wildman–Crippen MR) is 53.0 cm³/mol. The maximum Gasteiger partial charge on any atom is 0.0174 e. The summed E-state index contributed by atoms with van der Waals surface area (Å²) in [4.78, 5) is 3.22. The Balaban J connectivity index is 0. The van der Waals surface area contributed by atoms with Crippen molar-refractivity contribution in [2.24, 2.45) is 0 Å². The summed E-state index contributed by atoms with van der Waals surface area (Å²) in [5.41, 5.74) is 0. The van der Waals surface area contributed by atoms with Gasteiger partial charge in [0.15, 0.2) is 0 Å². The predicted octanol–water partition coefficient (Wildman–Crippen LogP) is 2.73. The van der Waals surface area contributed by atoms with E-state index >= 15 is 0 Å². The van der Waals surface area contributed by atoms with Crippen LogP contribution in [0.15, 0.2) is 28.7 Å². The molecule has 0 bridgehead atoms. The van der Waals surface area contributed by atoms with Crippen molar-refractivity contribution in [3.8, 4) is 5.75 Å². The number of halogens is 2. The second kappa shape index (κ2) is 8.95. The zero-order valence-corrected chi connectivity index (χ0v) is 12.6. The molecule has 0 aromatic heterocycles. The number of hydrogen-bond acceptors (Lipinski definition) is 1. The summed E-state index contributed by atoms with van der Waals surface area (Å²) in [6.07, 6.45) is 0. The molecule has 0 unspecified atom stereocenters. The van der Waals surface area contributed by atoms with Crippen LogP contribution in [0, 0.1) is 4.93 Å². The van der Waals surface area contributed by atoms with E-state index in [1.807, 2.05) is 22.6 Å². The number of hydrogen-bond donors (Lipinski definition) is 0. The summed E-state index contributed by atoms with van der Waals surface area (Å²) in [6, 6.07) is 6.48. The zero-order chi connectivity index (χ0) is 7.98. The van der Waals surface area contributed by atoms with Crippen molar-refractivity contribution in [1.29, 1.82) is 0 Å². The monoisotopic (exact) mass is 376 g/mol. The van der Waals surface area contributed by atoms with Crippen molar-refractivity contribution in [1.82, 2.24) is 0 Å². The van der Waals surface area contributed by atoms with Gasteiger partial charge in [0.05, 0.1) is 0 Å². The van der Waals surface area contributed by atoms with Crippen LogP contribution in [-0.4, -0.2) is 0 Å². The van der Waals surface area contributed by atoms with Crippen molar-refractivity contribution in [3.63, 3.8) is 0 Å². The molecule has 0 atom stereocenters. The van der Waals surface area contributed by atoms with Crippen molar-refractivity contribution < 1.29 is 24.6 Å². The van der Waals surface area contributed by atoms with Crippen molar-refractivity contribution in [3.05, 3.63) is 33.7 Å². The van der Waals surface area contributed by atoms with E-state index in [-0.39, 0.29) is 25.2 Å². The first-order chi connectivity index (χ1) is 4.79. The van der Waals surface area contributed by atoms with Gasteiger partial charge < -0.3 is 5.11 Å².